The van der Waals surface area contributed by atoms with Crippen LogP contribution in [0.4, 0.5) is 18.9 Å². The van der Waals surface area contributed by atoms with E-state index >= 15 is 0 Å². The maximum absolute atomic E-state index is 14.2. The Bertz CT molecular complexity index is 1580. The first-order valence-electron chi connectivity index (χ1n) is 14.9. The van der Waals surface area contributed by atoms with Crippen molar-refractivity contribution in [3.63, 3.8) is 0 Å². The first-order valence-corrected chi connectivity index (χ1v) is 16.7. The minimum absolute atomic E-state index is 0.00843. The first kappa shape index (κ1) is 34.3. The van der Waals surface area contributed by atoms with Crippen molar-refractivity contribution >= 4 is 39.1 Å². The highest BCUT2D eigenvalue weighted by Crippen LogP contribution is 2.38. The molecule has 4 rings (SSSR count). The molecule has 1 fully saturated rings. The van der Waals surface area contributed by atoms with Crippen LogP contribution in [0.3, 0.4) is 0 Å². The van der Waals surface area contributed by atoms with E-state index in [9.17, 15) is 31.2 Å². The van der Waals surface area contributed by atoms with Gasteiger partial charge in [-0.1, -0.05) is 79.4 Å². The Labute approximate surface area is 267 Å². The quantitative estimate of drug-likeness (QED) is 0.232. The summed E-state index contributed by atoms with van der Waals surface area (Å²) in [6.45, 7) is 2.78. The monoisotopic (exact) mass is 663 g/mol. The summed E-state index contributed by atoms with van der Waals surface area (Å²) in [5.41, 5.74) is 0.0558. The Hall–Kier alpha value is -3.57. The molecule has 3 aromatic carbocycles. The SMILES string of the molecule is CC[C@@H](C(=O)NC1CCCC1)N(CCc1ccccc1)C(=O)CN(c1ccc(Cl)c(C(F)(F)F)c1)S(=O)(=O)c1ccc(C)cc1. The lowest BCUT2D eigenvalue weighted by Crippen LogP contribution is -2.54. The molecule has 1 N–H and O–H groups in total. The van der Waals surface area contributed by atoms with Crippen molar-refractivity contribution in [2.24, 2.45) is 0 Å². The number of amides is 2. The molecule has 0 spiro atoms. The van der Waals surface area contributed by atoms with Crippen molar-refractivity contribution in [3.05, 3.63) is 94.5 Å². The highest BCUT2D eigenvalue weighted by molar-refractivity contribution is 7.92. The number of hydrogen-bond acceptors (Lipinski definition) is 4. The molecule has 0 aliphatic heterocycles. The number of rotatable bonds is 12. The summed E-state index contributed by atoms with van der Waals surface area (Å²) in [6, 6.07) is 16.9. The van der Waals surface area contributed by atoms with Crippen LogP contribution in [0, 0.1) is 6.92 Å². The van der Waals surface area contributed by atoms with E-state index in [2.05, 4.69) is 5.32 Å². The van der Waals surface area contributed by atoms with Gasteiger partial charge < -0.3 is 10.2 Å². The van der Waals surface area contributed by atoms with Gasteiger partial charge in [-0.05, 0) is 68.5 Å². The van der Waals surface area contributed by atoms with Crippen molar-refractivity contribution in [2.45, 2.75) is 75.5 Å². The summed E-state index contributed by atoms with van der Waals surface area (Å²) in [5.74, 6) is -1.07. The van der Waals surface area contributed by atoms with Crippen molar-refractivity contribution in [2.75, 3.05) is 17.4 Å². The summed E-state index contributed by atoms with van der Waals surface area (Å²) in [7, 11) is -4.54. The van der Waals surface area contributed by atoms with Gasteiger partial charge in [0.05, 0.1) is 21.2 Å². The second-order valence-electron chi connectivity index (χ2n) is 11.2. The highest BCUT2D eigenvalue weighted by atomic mass is 35.5. The average Bonchev–Trinajstić information content (AvgIpc) is 3.51. The molecular formula is C33H37ClF3N3O4S. The van der Waals surface area contributed by atoms with Crippen LogP contribution in [0.2, 0.25) is 5.02 Å². The molecule has 1 aliphatic rings. The van der Waals surface area contributed by atoms with Gasteiger partial charge in [-0.15, -0.1) is 0 Å². The van der Waals surface area contributed by atoms with Crippen LogP contribution in [-0.4, -0.2) is 50.3 Å². The molecule has 3 aromatic rings. The van der Waals surface area contributed by atoms with Gasteiger partial charge in [0.1, 0.15) is 12.6 Å². The lowest BCUT2D eigenvalue weighted by molar-refractivity contribution is -0.139. The van der Waals surface area contributed by atoms with E-state index in [1.807, 2.05) is 30.3 Å². The van der Waals surface area contributed by atoms with E-state index in [0.717, 1.165) is 48.9 Å². The first-order chi connectivity index (χ1) is 21.3. The molecule has 1 aliphatic carbocycles. The molecule has 0 saturated heterocycles. The van der Waals surface area contributed by atoms with E-state index in [1.54, 1.807) is 26.0 Å². The second-order valence-corrected chi connectivity index (χ2v) is 13.5. The molecule has 242 valence electrons. The summed E-state index contributed by atoms with van der Waals surface area (Å²) in [6.07, 6.45) is -0.589. The van der Waals surface area contributed by atoms with Gasteiger partial charge in [-0.25, -0.2) is 8.42 Å². The fourth-order valence-corrected chi connectivity index (χ4v) is 7.15. The zero-order valence-electron chi connectivity index (χ0n) is 25.2. The van der Waals surface area contributed by atoms with Crippen LogP contribution < -0.4 is 9.62 Å². The largest absolute Gasteiger partial charge is 0.417 e. The molecular weight excluding hydrogens is 627 g/mol. The van der Waals surface area contributed by atoms with Crippen LogP contribution in [0.5, 0.6) is 0 Å². The van der Waals surface area contributed by atoms with Crippen LogP contribution >= 0.6 is 11.6 Å². The average molecular weight is 664 g/mol. The van der Waals surface area contributed by atoms with Crippen molar-refractivity contribution in [1.29, 1.82) is 0 Å². The third kappa shape index (κ3) is 8.58. The molecule has 45 heavy (non-hydrogen) atoms. The smallest absolute Gasteiger partial charge is 0.352 e. The van der Waals surface area contributed by atoms with Gasteiger partial charge in [0.2, 0.25) is 11.8 Å². The second kappa shape index (κ2) is 14.7. The van der Waals surface area contributed by atoms with E-state index < -0.39 is 45.3 Å². The number of benzene rings is 3. The molecule has 12 heteroatoms. The van der Waals surface area contributed by atoms with Gasteiger partial charge in [0.25, 0.3) is 10.0 Å². The van der Waals surface area contributed by atoms with E-state index in [0.29, 0.717) is 16.8 Å². The topological polar surface area (TPSA) is 86.8 Å². The zero-order valence-corrected chi connectivity index (χ0v) is 26.8. The normalized spacial score (nSPS) is 14.6. The molecule has 2 amide bonds. The lowest BCUT2D eigenvalue weighted by atomic mass is 10.1. The minimum Gasteiger partial charge on any atom is -0.352 e. The number of nitrogens with zero attached hydrogens (tertiary/aromatic N) is 2. The molecule has 0 unspecified atom stereocenters. The Morgan fingerprint density at radius 3 is 2.24 bits per heavy atom. The molecule has 7 nitrogen and oxygen atoms in total. The zero-order chi connectivity index (χ0) is 32.8. The number of halogens is 4. The fraction of sp³-hybridized carbons (Fsp3) is 0.394. The number of nitrogens with one attached hydrogen (secondary N) is 1. The number of alkyl halides is 3. The van der Waals surface area contributed by atoms with Gasteiger partial charge in [-0.2, -0.15) is 13.2 Å². The molecule has 1 atom stereocenters. The number of carbonyl (C=O) groups is 2. The number of hydrogen-bond donors (Lipinski definition) is 1. The van der Waals surface area contributed by atoms with Crippen molar-refractivity contribution in [3.8, 4) is 0 Å². The third-order valence-electron chi connectivity index (χ3n) is 8.00. The van der Waals surface area contributed by atoms with Gasteiger partial charge in [-0.3, -0.25) is 13.9 Å². The number of anilines is 1. The molecule has 0 aromatic heterocycles. The summed E-state index contributed by atoms with van der Waals surface area (Å²) in [4.78, 5) is 28.8. The van der Waals surface area contributed by atoms with E-state index in [4.69, 9.17) is 11.6 Å². The number of aryl methyl sites for hydroxylation is 1. The Balaban J connectivity index is 1.74. The maximum atomic E-state index is 14.2. The molecule has 1 saturated carbocycles. The van der Waals surface area contributed by atoms with Crippen LogP contribution in [-0.2, 0) is 32.2 Å². The Morgan fingerprint density at radius 1 is 1.00 bits per heavy atom. The van der Waals surface area contributed by atoms with E-state index in [1.165, 1.54) is 17.0 Å². The van der Waals surface area contributed by atoms with Crippen LogP contribution in [0.1, 0.15) is 55.7 Å². The predicted molar refractivity (Wildman–Crippen MR) is 169 cm³/mol. The Kier molecular flexibility index (Phi) is 11.2. The molecule has 0 radical (unpaired) electrons. The predicted octanol–water partition coefficient (Wildman–Crippen LogP) is 6.77. The van der Waals surface area contributed by atoms with Gasteiger partial charge >= 0.3 is 6.18 Å². The molecule has 0 heterocycles. The maximum Gasteiger partial charge on any atom is 0.417 e. The Morgan fingerprint density at radius 2 is 1.64 bits per heavy atom. The summed E-state index contributed by atoms with van der Waals surface area (Å²) in [5, 5.41) is 2.43. The van der Waals surface area contributed by atoms with Crippen LogP contribution in [0.15, 0.2) is 77.7 Å². The van der Waals surface area contributed by atoms with Crippen molar-refractivity contribution in [1.82, 2.24) is 10.2 Å². The fourth-order valence-electron chi connectivity index (χ4n) is 5.52. The standard InChI is InChI=1S/C33H37ClF3N3O4S/c1-3-30(32(42)38-25-11-7-8-12-25)39(20-19-24-9-5-4-6-10-24)31(41)22-40(45(43,44)27-16-13-23(2)14-17-27)26-15-18-29(34)28(21-26)33(35,36)37/h4-6,9-10,13-18,21,25,30H,3,7-8,11-12,19-20,22H2,1-2H3,(H,38,42)/t30-/m0/s1. The lowest BCUT2D eigenvalue weighted by Gasteiger charge is -2.34. The van der Waals surface area contributed by atoms with Gasteiger partial charge in [0.15, 0.2) is 0 Å². The van der Waals surface area contributed by atoms with Gasteiger partial charge in [0, 0.05) is 12.6 Å². The highest BCUT2D eigenvalue weighted by Gasteiger charge is 2.37. The third-order valence-corrected chi connectivity index (χ3v) is 10.1. The van der Waals surface area contributed by atoms with Crippen molar-refractivity contribution < 1.29 is 31.2 Å². The van der Waals surface area contributed by atoms with E-state index in [-0.39, 0.29) is 35.5 Å². The number of carbonyl (C=O) groups excluding carboxylic acids is 2. The minimum atomic E-state index is -4.87. The number of sulfonamides is 1. The molecule has 0 bridgehead atoms. The van der Waals surface area contributed by atoms with Crippen LogP contribution in [0.25, 0.3) is 0 Å². The summed E-state index contributed by atoms with van der Waals surface area (Å²) < 4.78 is 70.2. The summed E-state index contributed by atoms with van der Waals surface area (Å²) >= 11 is 5.85.